The molecular formula is C9H11BrN2O4. The number of nitrogens with zero attached hydrogens (tertiary/aromatic N) is 1. The van der Waals surface area contributed by atoms with Gasteiger partial charge in [0.1, 0.15) is 5.69 Å². The van der Waals surface area contributed by atoms with E-state index in [9.17, 15) is 9.59 Å². The van der Waals surface area contributed by atoms with Crippen molar-refractivity contribution in [3.63, 3.8) is 0 Å². The molecule has 0 unspecified atom stereocenters. The normalized spacial score (nSPS) is 9.69. The fourth-order valence-corrected chi connectivity index (χ4v) is 1.47. The van der Waals surface area contributed by atoms with Crippen LogP contribution in [0.1, 0.15) is 17.4 Å². The van der Waals surface area contributed by atoms with Gasteiger partial charge in [0.15, 0.2) is 0 Å². The van der Waals surface area contributed by atoms with E-state index in [0.29, 0.717) is 4.47 Å². The molecule has 0 atom stereocenters. The van der Waals surface area contributed by atoms with E-state index in [4.69, 9.17) is 0 Å². The fourth-order valence-electron chi connectivity index (χ4n) is 1.05. The molecule has 1 aromatic rings. The molecule has 16 heavy (non-hydrogen) atoms. The summed E-state index contributed by atoms with van der Waals surface area (Å²) >= 11 is 3.19. The van der Waals surface area contributed by atoms with E-state index in [-0.39, 0.29) is 12.3 Å². The van der Waals surface area contributed by atoms with Crippen LogP contribution in [0.3, 0.4) is 0 Å². The summed E-state index contributed by atoms with van der Waals surface area (Å²) in [6.07, 6.45) is 0.874. The molecule has 7 heteroatoms. The summed E-state index contributed by atoms with van der Waals surface area (Å²) < 4.78 is 11.1. The summed E-state index contributed by atoms with van der Waals surface area (Å²) in [6, 6.07) is 1.53. The minimum absolute atomic E-state index is 0.197. The highest BCUT2D eigenvalue weighted by molar-refractivity contribution is 9.10. The van der Waals surface area contributed by atoms with Crippen molar-refractivity contribution in [3.05, 3.63) is 22.4 Å². The first kappa shape index (κ1) is 12.6. The molecule has 1 aromatic heterocycles. The third kappa shape index (κ3) is 2.99. The number of carbonyl (C=O) groups excluding carboxylic acids is 2. The van der Waals surface area contributed by atoms with Crippen LogP contribution in [0.2, 0.25) is 0 Å². The second kappa shape index (κ2) is 5.55. The van der Waals surface area contributed by atoms with E-state index in [1.165, 1.54) is 24.0 Å². The maximum Gasteiger partial charge on any atom is 0.426 e. The van der Waals surface area contributed by atoms with E-state index in [2.05, 4.69) is 30.8 Å². The lowest BCUT2D eigenvalue weighted by atomic mass is 10.4. The second-order valence-corrected chi connectivity index (χ2v) is 3.65. The number of hydrogen-bond acceptors (Lipinski definition) is 4. The second-order valence-electron chi connectivity index (χ2n) is 2.74. The smallest absolute Gasteiger partial charge is 0.426 e. The predicted octanol–water partition coefficient (Wildman–Crippen LogP) is 1.74. The summed E-state index contributed by atoms with van der Waals surface area (Å²) in [7, 11) is 1.26. The first-order valence-electron chi connectivity index (χ1n) is 4.48. The minimum Gasteiger partial charge on any atom is -0.464 e. The molecule has 0 bridgehead atoms. The molecule has 1 N–H and O–H groups in total. The first-order chi connectivity index (χ1) is 7.58. The van der Waals surface area contributed by atoms with Gasteiger partial charge in [-0.3, -0.25) is 0 Å². The van der Waals surface area contributed by atoms with Crippen molar-refractivity contribution in [2.75, 3.05) is 19.1 Å². The lowest BCUT2D eigenvalue weighted by molar-refractivity contribution is 0.0590. The number of esters is 1. The maximum absolute atomic E-state index is 11.3. The Kier molecular flexibility index (Phi) is 4.36. The molecule has 0 aliphatic carbocycles. The number of rotatable bonds is 3. The molecule has 0 aliphatic rings. The maximum atomic E-state index is 11.3. The average molecular weight is 291 g/mol. The lowest BCUT2D eigenvalue weighted by Crippen LogP contribution is -2.26. The monoisotopic (exact) mass is 290 g/mol. The molecular weight excluding hydrogens is 280 g/mol. The molecule has 1 amide bonds. The summed E-state index contributed by atoms with van der Waals surface area (Å²) in [4.78, 5) is 22.5. The van der Waals surface area contributed by atoms with Crippen molar-refractivity contribution in [2.24, 2.45) is 0 Å². The Bertz CT molecular complexity index is 402. The standard InChI is InChI=1S/C9H11BrN2O4/c1-3-16-9(14)11-12-5-6(10)4-7(12)8(13)15-2/h4-5H,3H2,1-2H3,(H,11,14). The van der Waals surface area contributed by atoms with Crippen LogP contribution in [0.5, 0.6) is 0 Å². The van der Waals surface area contributed by atoms with Crippen LogP contribution in [0.4, 0.5) is 4.79 Å². The van der Waals surface area contributed by atoms with Crippen molar-refractivity contribution >= 4 is 28.0 Å². The molecule has 6 nitrogen and oxygen atoms in total. The van der Waals surface area contributed by atoms with Crippen molar-refractivity contribution in [1.29, 1.82) is 0 Å². The summed E-state index contributed by atoms with van der Waals surface area (Å²) in [6.45, 7) is 1.94. The van der Waals surface area contributed by atoms with Gasteiger partial charge in [0, 0.05) is 10.7 Å². The lowest BCUT2D eigenvalue weighted by Gasteiger charge is -2.08. The van der Waals surface area contributed by atoms with Crippen molar-refractivity contribution in [1.82, 2.24) is 4.68 Å². The first-order valence-corrected chi connectivity index (χ1v) is 5.27. The highest BCUT2D eigenvalue weighted by Crippen LogP contribution is 2.14. The number of ether oxygens (including phenoxy) is 2. The SMILES string of the molecule is CCOC(=O)Nn1cc(Br)cc1C(=O)OC. The fraction of sp³-hybridized carbons (Fsp3) is 0.333. The number of nitrogens with one attached hydrogen (secondary N) is 1. The van der Waals surface area contributed by atoms with Crippen LogP contribution >= 0.6 is 15.9 Å². The molecule has 0 radical (unpaired) electrons. The van der Waals surface area contributed by atoms with E-state index in [1.807, 2.05) is 0 Å². The average Bonchev–Trinajstić information content (AvgIpc) is 2.58. The molecule has 1 heterocycles. The highest BCUT2D eigenvalue weighted by Gasteiger charge is 2.15. The largest absolute Gasteiger partial charge is 0.464 e. The highest BCUT2D eigenvalue weighted by atomic mass is 79.9. The van der Waals surface area contributed by atoms with E-state index < -0.39 is 12.1 Å². The van der Waals surface area contributed by atoms with Crippen molar-refractivity contribution < 1.29 is 19.1 Å². The Balaban J connectivity index is 2.86. The molecule has 0 aliphatic heterocycles. The number of halogens is 1. The molecule has 1 rings (SSSR count). The predicted molar refractivity (Wildman–Crippen MR) is 59.9 cm³/mol. The molecule has 0 fully saturated rings. The zero-order valence-corrected chi connectivity index (χ0v) is 10.4. The molecule has 0 saturated carbocycles. The minimum atomic E-state index is -0.643. The Morgan fingerprint density at radius 2 is 2.25 bits per heavy atom. The van der Waals surface area contributed by atoms with Crippen LogP contribution in [-0.2, 0) is 9.47 Å². The molecule has 88 valence electrons. The third-order valence-corrected chi connectivity index (χ3v) is 2.10. The van der Waals surface area contributed by atoms with Gasteiger partial charge in [-0.1, -0.05) is 0 Å². The van der Waals surface area contributed by atoms with Crippen molar-refractivity contribution in [3.8, 4) is 0 Å². The van der Waals surface area contributed by atoms with Crippen LogP contribution in [0.15, 0.2) is 16.7 Å². The van der Waals surface area contributed by atoms with Crippen molar-refractivity contribution in [2.45, 2.75) is 6.92 Å². The zero-order chi connectivity index (χ0) is 12.1. The summed E-state index contributed by atoms with van der Waals surface area (Å²) in [5.74, 6) is -0.553. The number of amides is 1. The van der Waals surface area contributed by atoms with Gasteiger partial charge in [-0.25, -0.2) is 19.7 Å². The molecule has 0 spiro atoms. The Hall–Kier alpha value is -1.50. The van der Waals surface area contributed by atoms with E-state index in [1.54, 1.807) is 6.92 Å². The topological polar surface area (TPSA) is 69.6 Å². The Morgan fingerprint density at radius 3 is 2.81 bits per heavy atom. The van der Waals surface area contributed by atoms with E-state index in [0.717, 1.165) is 0 Å². The number of methoxy groups -OCH3 is 1. The number of hydrogen-bond donors (Lipinski definition) is 1. The molecule has 0 aromatic carbocycles. The van der Waals surface area contributed by atoms with Crippen LogP contribution < -0.4 is 5.43 Å². The van der Waals surface area contributed by atoms with Gasteiger partial charge >= 0.3 is 12.1 Å². The van der Waals surface area contributed by atoms with Gasteiger partial charge in [0.05, 0.1) is 13.7 Å². The van der Waals surface area contributed by atoms with Crippen LogP contribution in [0.25, 0.3) is 0 Å². The number of carbonyl (C=O) groups is 2. The van der Waals surface area contributed by atoms with Gasteiger partial charge in [-0.2, -0.15) is 0 Å². The van der Waals surface area contributed by atoms with E-state index >= 15 is 0 Å². The third-order valence-electron chi connectivity index (χ3n) is 1.67. The summed E-state index contributed by atoms with van der Waals surface area (Å²) in [5.41, 5.74) is 2.57. The van der Waals surface area contributed by atoms with Gasteiger partial charge in [-0.05, 0) is 28.9 Å². The quantitative estimate of drug-likeness (QED) is 0.861. The Morgan fingerprint density at radius 1 is 1.56 bits per heavy atom. The van der Waals surface area contributed by atoms with Gasteiger partial charge in [0.2, 0.25) is 0 Å². The van der Waals surface area contributed by atoms with Crippen LogP contribution in [0, 0.1) is 0 Å². The molecule has 0 saturated heterocycles. The van der Waals surface area contributed by atoms with Gasteiger partial charge in [0.25, 0.3) is 0 Å². The van der Waals surface area contributed by atoms with Crippen LogP contribution in [-0.4, -0.2) is 30.5 Å². The zero-order valence-electron chi connectivity index (χ0n) is 8.82. The number of aromatic nitrogens is 1. The summed E-state index contributed by atoms with van der Waals surface area (Å²) in [5, 5.41) is 0. The van der Waals surface area contributed by atoms with Gasteiger partial charge < -0.3 is 9.47 Å². The van der Waals surface area contributed by atoms with Gasteiger partial charge in [-0.15, -0.1) is 0 Å². The Labute approximate surface area is 101 Å².